The molecular formula is C22H22N2O3. The first-order valence-corrected chi connectivity index (χ1v) is 9.68. The highest BCUT2D eigenvalue weighted by atomic mass is 16.5. The molecule has 5 heteroatoms. The molecule has 1 saturated carbocycles. The van der Waals surface area contributed by atoms with E-state index in [4.69, 9.17) is 4.74 Å². The number of hydrogen-bond donors (Lipinski definition) is 2. The fraction of sp³-hybridized carbons (Fsp3) is 0.364. The molecule has 1 aromatic carbocycles. The van der Waals surface area contributed by atoms with Gasteiger partial charge in [0.15, 0.2) is 0 Å². The molecule has 138 valence electrons. The molecule has 2 aliphatic heterocycles. The Balaban J connectivity index is 1.58. The van der Waals surface area contributed by atoms with Gasteiger partial charge in [0.05, 0.1) is 6.61 Å². The van der Waals surface area contributed by atoms with Gasteiger partial charge >= 0.3 is 0 Å². The average molecular weight is 362 g/mol. The minimum atomic E-state index is -0.0105. The second-order valence-corrected chi connectivity index (χ2v) is 7.64. The summed E-state index contributed by atoms with van der Waals surface area (Å²) >= 11 is 0. The normalized spacial score (nSPS) is 21.7. The van der Waals surface area contributed by atoms with Gasteiger partial charge in [0.1, 0.15) is 5.75 Å². The zero-order valence-corrected chi connectivity index (χ0v) is 15.1. The highest BCUT2D eigenvalue weighted by Gasteiger charge is 2.27. The van der Waals surface area contributed by atoms with Crippen LogP contribution in [0.5, 0.6) is 5.75 Å². The van der Waals surface area contributed by atoms with Crippen molar-refractivity contribution >= 4 is 11.5 Å². The number of aromatic amines is 1. The molecular weight excluding hydrogens is 340 g/mol. The van der Waals surface area contributed by atoms with Gasteiger partial charge in [0.25, 0.3) is 5.56 Å². The number of carbonyl (C=O) groups is 1. The van der Waals surface area contributed by atoms with Crippen LogP contribution in [0.3, 0.4) is 0 Å². The molecule has 1 saturated heterocycles. The van der Waals surface area contributed by atoms with Gasteiger partial charge < -0.3 is 15.0 Å². The topological polar surface area (TPSA) is 71.2 Å². The first kappa shape index (κ1) is 16.4. The zero-order chi connectivity index (χ0) is 18.4. The summed E-state index contributed by atoms with van der Waals surface area (Å²) in [5.74, 6) is 1.43. The molecule has 27 heavy (non-hydrogen) atoms. The van der Waals surface area contributed by atoms with Crippen molar-refractivity contribution < 1.29 is 9.53 Å². The van der Waals surface area contributed by atoms with Crippen LogP contribution in [-0.4, -0.2) is 23.5 Å². The van der Waals surface area contributed by atoms with Gasteiger partial charge in [-0.2, -0.15) is 0 Å². The quantitative estimate of drug-likeness (QED) is 0.879. The van der Waals surface area contributed by atoms with E-state index < -0.39 is 0 Å². The van der Waals surface area contributed by atoms with Crippen LogP contribution < -0.4 is 15.6 Å². The van der Waals surface area contributed by atoms with Crippen LogP contribution in [0.2, 0.25) is 0 Å². The number of carbonyl (C=O) groups excluding carboxylic acids is 1. The third kappa shape index (κ3) is 3.18. The Morgan fingerprint density at radius 1 is 1.07 bits per heavy atom. The second kappa shape index (κ2) is 6.41. The summed E-state index contributed by atoms with van der Waals surface area (Å²) < 4.78 is 5.62. The van der Waals surface area contributed by atoms with Crippen molar-refractivity contribution in [2.45, 2.75) is 44.1 Å². The van der Waals surface area contributed by atoms with E-state index in [2.05, 4.69) is 22.4 Å². The minimum Gasteiger partial charge on any atom is -0.493 e. The maximum absolute atomic E-state index is 12.6. The van der Waals surface area contributed by atoms with E-state index >= 15 is 0 Å². The standard InChI is InChI=1S/C22H22N2O3/c25-21-8-4-16(23-21)12-18(14-3-7-20-15(11-14)9-10-27-20)19-6-5-17(13-1-2-13)22(26)24-19/h3,5-7,11-13,16H,1-2,4,8-10H2,(H,23,25)(H,24,26)/t16-/m1/s1. The van der Waals surface area contributed by atoms with Crippen LogP contribution >= 0.6 is 0 Å². The Bertz CT molecular complexity index is 1000. The second-order valence-electron chi connectivity index (χ2n) is 7.64. The lowest BCUT2D eigenvalue weighted by Gasteiger charge is -2.13. The highest BCUT2D eigenvalue weighted by molar-refractivity contribution is 5.82. The molecule has 1 amide bonds. The molecule has 3 heterocycles. The number of amides is 1. The lowest BCUT2D eigenvalue weighted by Crippen LogP contribution is -2.23. The first-order valence-electron chi connectivity index (χ1n) is 9.68. The lowest BCUT2D eigenvalue weighted by atomic mass is 9.96. The number of pyridine rings is 1. The van der Waals surface area contributed by atoms with E-state index in [0.717, 1.165) is 53.8 Å². The smallest absolute Gasteiger partial charge is 0.251 e. The molecule has 2 aromatic rings. The van der Waals surface area contributed by atoms with Gasteiger partial charge in [-0.05, 0) is 54.5 Å². The summed E-state index contributed by atoms with van der Waals surface area (Å²) in [4.78, 5) is 27.3. The fourth-order valence-corrected chi connectivity index (χ4v) is 4.02. The van der Waals surface area contributed by atoms with E-state index in [0.29, 0.717) is 18.9 Å². The molecule has 2 fully saturated rings. The molecule has 3 aliphatic rings. The Hall–Kier alpha value is -2.82. The van der Waals surface area contributed by atoms with Gasteiger partial charge in [0, 0.05) is 35.7 Å². The summed E-state index contributed by atoms with van der Waals surface area (Å²) in [6, 6.07) is 10.1. The van der Waals surface area contributed by atoms with E-state index in [9.17, 15) is 9.59 Å². The lowest BCUT2D eigenvalue weighted by molar-refractivity contribution is -0.119. The highest BCUT2D eigenvalue weighted by Crippen LogP contribution is 2.38. The van der Waals surface area contributed by atoms with Gasteiger partial charge in [-0.25, -0.2) is 0 Å². The molecule has 0 spiro atoms. The molecule has 0 radical (unpaired) electrons. The van der Waals surface area contributed by atoms with E-state index in [-0.39, 0.29) is 17.5 Å². The predicted molar refractivity (Wildman–Crippen MR) is 103 cm³/mol. The molecule has 1 atom stereocenters. The zero-order valence-electron chi connectivity index (χ0n) is 15.1. The number of rotatable bonds is 4. The number of H-pyrrole nitrogens is 1. The monoisotopic (exact) mass is 362 g/mol. The fourth-order valence-electron chi connectivity index (χ4n) is 4.02. The number of nitrogens with one attached hydrogen (secondary N) is 2. The molecule has 0 bridgehead atoms. The summed E-state index contributed by atoms with van der Waals surface area (Å²) in [5.41, 5.74) is 4.86. The molecule has 1 aromatic heterocycles. The van der Waals surface area contributed by atoms with Crippen molar-refractivity contribution in [3.8, 4) is 5.75 Å². The van der Waals surface area contributed by atoms with Gasteiger partial charge in [0.2, 0.25) is 5.91 Å². The van der Waals surface area contributed by atoms with Crippen LogP contribution in [0, 0.1) is 0 Å². The maximum Gasteiger partial charge on any atom is 0.251 e. The van der Waals surface area contributed by atoms with E-state index in [1.807, 2.05) is 24.3 Å². The van der Waals surface area contributed by atoms with Crippen molar-refractivity contribution in [3.63, 3.8) is 0 Å². The van der Waals surface area contributed by atoms with Crippen LogP contribution in [0.4, 0.5) is 0 Å². The minimum absolute atomic E-state index is 0.000788. The van der Waals surface area contributed by atoms with E-state index in [1.165, 1.54) is 5.56 Å². The number of fused-ring (bicyclic) bond motifs is 1. The molecule has 5 nitrogen and oxygen atoms in total. The Morgan fingerprint density at radius 3 is 2.70 bits per heavy atom. The average Bonchev–Trinajstić information content (AvgIpc) is 3.25. The summed E-state index contributed by atoms with van der Waals surface area (Å²) in [6.07, 6.45) is 6.50. The molecule has 0 unspecified atom stereocenters. The van der Waals surface area contributed by atoms with Crippen LogP contribution in [-0.2, 0) is 11.2 Å². The third-order valence-corrected chi connectivity index (χ3v) is 5.64. The molecule has 1 aliphatic carbocycles. The van der Waals surface area contributed by atoms with Crippen molar-refractivity contribution in [1.29, 1.82) is 0 Å². The van der Waals surface area contributed by atoms with Crippen LogP contribution in [0.1, 0.15) is 54.0 Å². The first-order chi connectivity index (χ1) is 13.2. The predicted octanol–water partition coefficient (Wildman–Crippen LogP) is 2.90. The van der Waals surface area contributed by atoms with Crippen molar-refractivity contribution in [3.05, 3.63) is 69.1 Å². The SMILES string of the molecule is O=C1CC[C@H](C=C(c2ccc3c(c2)CCO3)c2ccc(C3CC3)c(=O)[nH]2)N1. The number of aromatic nitrogens is 1. The number of hydrogen-bond acceptors (Lipinski definition) is 3. The Labute approximate surface area is 157 Å². The summed E-state index contributed by atoms with van der Waals surface area (Å²) in [6.45, 7) is 0.712. The largest absolute Gasteiger partial charge is 0.493 e. The Kier molecular flexibility index (Phi) is 3.88. The third-order valence-electron chi connectivity index (χ3n) is 5.64. The summed E-state index contributed by atoms with van der Waals surface area (Å²) in [7, 11) is 0. The molecule has 5 rings (SSSR count). The van der Waals surface area contributed by atoms with Crippen LogP contribution in [0.15, 0.2) is 41.2 Å². The van der Waals surface area contributed by atoms with Gasteiger partial charge in [-0.3, -0.25) is 9.59 Å². The van der Waals surface area contributed by atoms with E-state index in [1.54, 1.807) is 0 Å². The van der Waals surface area contributed by atoms with Crippen LogP contribution in [0.25, 0.3) is 5.57 Å². The number of ether oxygens (including phenoxy) is 1. The molecule has 2 N–H and O–H groups in total. The Morgan fingerprint density at radius 2 is 1.96 bits per heavy atom. The maximum atomic E-state index is 12.6. The van der Waals surface area contributed by atoms with Crippen molar-refractivity contribution in [1.82, 2.24) is 10.3 Å². The number of benzene rings is 1. The summed E-state index contributed by atoms with van der Waals surface area (Å²) in [5, 5.41) is 3.00. The van der Waals surface area contributed by atoms with Crippen molar-refractivity contribution in [2.75, 3.05) is 6.61 Å². The van der Waals surface area contributed by atoms with Gasteiger partial charge in [-0.15, -0.1) is 0 Å². The van der Waals surface area contributed by atoms with Crippen molar-refractivity contribution in [2.24, 2.45) is 0 Å². The van der Waals surface area contributed by atoms with Gasteiger partial charge in [-0.1, -0.05) is 18.2 Å².